The average Bonchev–Trinajstić information content (AvgIpc) is 2.13. The monoisotopic (exact) mass is 198 g/mol. The van der Waals surface area contributed by atoms with Crippen LogP contribution in [-0.2, 0) is 0 Å². The summed E-state index contributed by atoms with van der Waals surface area (Å²) in [6.45, 7) is 2.14. The second-order valence-corrected chi connectivity index (χ2v) is 2.61. The van der Waals surface area contributed by atoms with Crippen LogP contribution in [0.3, 0.4) is 0 Å². The maximum atomic E-state index is 10.5. The Kier molecular flexibility index (Phi) is 2.76. The van der Waals surface area contributed by atoms with Crippen LogP contribution in [0.25, 0.3) is 0 Å². The number of benzene rings is 1. The van der Waals surface area contributed by atoms with Crippen LogP contribution in [0.1, 0.15) is 6.92 Å². The Labute approximate surface area is 80.0 Å². The van der Waals surface area contributed by atoms with Gasteiger partial charge in [-0.3, -0.25) is 10.1 Å². The predicted octanol–water partition coefficient (Wildman–Crippen LogP) is 1.44. The minimum absolute atomic E-state index is 0.0579. The molecule has 3 N–H and O–H groups in total. The van der Waals surface area contributed by atoms with E-state index in [4.69, 9.17) is 5.11 Å². The molecule has 6 heteroatoms. The number of nitro benzene ring substituents is 1. The van der Waals surface area contributed by atoms with Crippen molar-refractivity contribution in [2.24, 2.45) is 0 Å². The van der Waals surface area contributed by atoms with E-state index < -0.39 is 10.7 Å². The van der Waals surface area contributed by atoms with Gasteiger partial charge in [0.1, 0.15) is 0 Å². The van der Waals surface area contributed by atoms with E-state index in [-0.39, 0.29) is 17.1 Å². The van der Waals surface area contributed by atoms with E-state index >= 15 is 0 Å². The summed E-state index contributed by atoms with van der Waals surface area (Å²) in [7, 11) is 0. The van der Waals surface area contributed by atoms with Crippen LogP contribution in [0.15, 0.2) is 12.1 Å². The van der Waals surface area contributed by atoms with E-state index in [0.717, 1.165) is 12.1 Å². The zero-order chi connectivity index (χ0) is 10.7. The molecule has 6 nitrogen and oxygen atoms in total. The second kappa shape index (κ2) is 3.82. The fraction of sp³-hybridized carbons (Fsp3) is 0.250. The van der Waals surface area contributed by atoms with Crippen LogP contribution in [0, 0.1) is 10.1 Å². The number of hydrogen-bond acceptors (Lipinski definition) is 5. The molecule has 1 aromatic rings. The molecule has 0 heterocycles. The Morgan fingerprint density at radius 1 is 1.50 bits per heavy atom. The highest BCUT2D eigenvalue weighted by Gasteiger charge is 2.19. The summed E-state index contributed by atoms with van der Waals surface area (Å²) in [5, 5.41) is 31.6. The molecule has 0 aliphatic rings. The van der Waals surface area contributed by atoms with E-state index in [2.05, 4.69) is 5.32 Å². The average molecular weight is 198 g/mol. The molecule has 0 unspecified atom stereocenters. The standard InChI is InChI=1S/C8H10N2O4/c1-2-9-7-5(10(13)14)3-4-6(11)8(7)12/h3-4,9,11-12H,2H2,1H3. The molecule has 1 rings (SSSR count). The van der Waals surface area contributed by atoms with Gasteiger partial charge in [0, 0.05) is 12.6 Å². The third-order valence-electron chi connectivity index (χ3n) is 1.68. The van der Waals surface area contributed by atoms with Gasteiger partial charge in [0.05, 0.1) is 4.92 Å². The van der Waals surface area contributed by atoms with Gasteiger partial charge in [-0.05, 0) is 13.0 Å². The summed E-state index contributed by atoms with van der Waals surface area (Å²) < 4.78 is 0. The first-order valence-electron chi connectivity index (χ1n) is 4.01. The Hall–Kier alpha value is -1.98. The molecule has 0 saturated carbocycles. The fourth-order valence-corrected chi connectivity index (χ4v) is 1.07. The molecule has 0 saturated heterocycles. The summed E-state index contributed by atoms with van der Waals surface area (Å²) in [4.78, 5) is 9.91. The van der Waals surface area contributed by atoms with Gasteiger partial charge < -0.3 is 15.5 Å². The van der Waals surface area contributed by atoms with Gasteiger partial charge in [-0.1, -0.05) is 0 Å². The Morgan fingerprint density at radius 2 is 2.14 bits per heavy atom. The number of phenols is 2. The zero-order valence-corrected chi connectivity index (χ0v) is 7.52. The largest absolute Gasteiger partial charge is 0.504 e. The lowest BCUT2D eigenvalue weighted by molar-refractivity contribution is -0.384. The zero-order valence-electron chi connectivity index (χ0n) is 7.52. The molecule has 0 bridgehead atoms. The first-order chi connectivity index (χ1) is 6.57. The summed E-state index contributed by atoms with van der Waals surface area (Å²) >= 11 is 0. The number of nitrogens with one attached hydrogen (secondary N) is 1. The van der Waals surface area contributed by atoms with Crippen molar-refractivity contribution < 1.29 is 15.1 Å². The fourth-order valence-electron chi connectivity index (χ4n) is 1.07. The maximum absolute atomic E-state index is 10.5. The van der Waals surface area contributed by atoms with Crippen molar-refractivity contribution in [2.45, 2.75) is 6.92 Å². The molecule has 0 aliphatic carbocycles. The van der Waals surface area contributed by atoms with E-state index in [1.165, 1.54) is 0 Å². The van der Waals surface area contributed by atoms with Crippen molar-refractivity contribution in [3.8, 4) is 11.5 Å². The minimum Gasteiger partial charge on any atom is -0.504 e. The molecule has 0 atom stereocenters. The summed E-state index contributed by atoms with van der Waals surface area (Å²) in [5.74, 6) is -0.882. The molecular weight excluding hydrogens is 188 g/mol. The van der Waals surface area contributed by atoms with Gasteiger partial charge in [0.15, 0.2) is 17.2 Å². The van der Waals surface area contributed by atoms with Crippen LogP contribution in [0.5, 0.6) is 11.5 Å². The topological polar surface area (TPSA) is 95.6 Å². The SMILES string of the molecule is CCNc1c([N+](=O)[O-])ccc(O)c1O. The molecular formula is C8H10N2O4. The van der Waals surface area contributed by atoms with Crippen molar-refractivity contribution in [3.63, 3.8) is 0 Å². The number of hydrogen-bond donors (Lipinski definition) is 3. The van der Waals surface area contributed by atoms with Crippen molar-refractivity contribution in [3.05, 3.63) is 22.2 Å². The first-order valence-corrected chi connectivity index (χ1v) is 4.01. The van der Waals surface area contributed by atoms with Gasteiger partial charge in [-0.15, -0.1) is 0 Å². The number of rotatable bonds is 3. The van der Waals surface area contributed by atoms with E-state index in [1.54, 1.807) is 6.92 Å². The smallest absolute Gasteiger partial charge is 0.296 e. The Bertz CT molecular complexity index is 365. The molecule has 1 aromatic carbocycles. The lowest BCUT2D eigenvalue weighted by atomic mass is 10.2. The van der Waals surface area contributed by atoms with Crippen LogP contribution in [-0.4, -0.2) is 21.7 Å². The minimum atomic E-state index is -0.628. The third-order valence-corrected chi connectivity index (χ3v) is 1.68. The lowest BCUT2D eigenvalue weighted by Crippen LogP contribution is -2.01. The van der Waals surface area contributed by atoms with Crippen LogP contribution in [0.2, 0.25) is 0 Å². The first kappa shape index (κ1) is 10.1. The normalized spacial score (nSPS) is 9.79. The predicted molar refractivity (Wildman–Crippen MR) is 50.6 cm³/mol. The summed E-state index contributed by atoms with van der Waals surface area (Å²) in [6, 6.07) is 2.21. The van der Waals surface area contributed by atoms with Gasteiger partial charge in [0.25, 0.3) is 5.69 Å². The number of nitro groups is 1. The molecule has 14 heavy (non-hydrogen) atoms. The lowest BCUT2D eigenvalue weighted by Gasteiger charge is -2.07. The Morgan fingerprint density at radius 3 is 2.64 bits per heavy atom. The van der Waals surface area contributed by atoms with E-state index in [1.807, 2.05) is 0 Å². The summed E-state index contributed by atoms with van der Waals surface area (Å²) in [6.07, 6.45) is 0. The highest BCUT2D eigenvalue weighted by atomic mass is 16.6. The summed E-state index contributed by atoms with van der Waals surface area (Å²) in [5.41, 5.74) is -0.320. The molecule has 0 amide bonds. The number of phenolic OH excluding ortho intramolecular Hbond substituents is 2. The van der Waals surface area contributed by atoms with Gasteiger partial charge in [-0.2, -0.15) is 0 Å². The van der Waals surface area contributed by atoms with Gasteiger partial charge >= 0.3 is 0 Å². The van der Waals surface area contributed by atoms with Crippen LogP contribution >= 0.6 is 0 Å². The third kappa shape index (κ3) is 1.68. The molecule has 0 fully saturated rings. The second-order valence-electron chi connectivity index (χ2n) is 2.61. The number of nitrogens with zero attached hydrogens (tertiary/aromatic N) is 1. The molecule has 0 aliphatic heterocycles. The van der Waals surface area contributed by atoms with Gasteiger partial charge in [0.2, 0.25) is 0 Å². The highest BCUT2D eigenvalue weighted by molar-refractivity contribution is 5.73. The van der Waals surface area contributed by atoms with Crippen LogP contribution < -0.4 is 5.32 Å². The Balaban J connectivity index is 3.29. The van der Waals surface area contributed by atoms with E-state index in [9.17, 15) is 15.2 Å². The van der Waals surface area contributed by atoms with Gasteiger partial charge in [-0.25, -0.2) is 0 Å². The number of aromatic hydroxyl groups is 2. The highest BCUT2D eigenvalue weighted by Crippen LogP contribution is 2.39. The van der Waals surface area contributed by atoms with Crippen molar-refractivity contribution >= 4 is 11.4 Å². The maximum Gasteiger partial charge on any atom is 0.296 e. The molecule has 76 valence electrons. The molecule has 0 radical (unpaired) electrons. The molecule has 0 aromatic heterocycles. The number of anilines is 1. The van der Waals surface area contributed by atoms with Crippen molar-refractivity contribution in [1.29, 1.82) is 0 Å². The van der Waals surface area contributed by atoms with Crippen molar-refractivity contribution in [1.82, 2.24) is 0 Å². The quantitative estimate of drug-likeness (QED) is 0.388. The van der Waals surface area contributed by atoms with Crippen molar-refractivity contribution in [2.75, 3.05) is 11.9 Å². The molecule has 0 spiro atoms. The van der Waals surface area contributed by atoms with E-state index in [0.29, 0.717) is 6.54 Å². The van der Waals surface area contributed by atoms with Crippen LogP contribution in [0.4, 0.5) is 11.4 Å².